The number of carbonyl (C=O) groups excluding carboxylic acids is 3. The van der Waals surface area contributed by atoms with Gasteiger partial charge in [0.2, 0.25) is 11.8 Å². The van der Waals surface area contributed by atoms with Gasteiger partial charge < -0.3 is 24.2 Å². The summed E-state index contributed by atoms with van der Waals surface area (Å²) in [7, 11) is 1.58. The molecule has 0 aromatic heterocycles. The van der Waals surface area contributed by atoms with E-state index in [-0.39, 0.29) is 30.6 Å². The molecule has 0 saturated carbocycles. The second-order valence-corrected chi connectivity index (χ2v) is 7.76. The van der Waals surface area contributed by atoms with E-state index in [1.54, 1.807) is 46.1 Å². The molecule has 0 bridgehead atoms. The van der Waals surface area contributed by atoms with Crippen molar-refractivity contribution in [2.45, 2.75) is 12.8 Å². The first-order chi connectivity index (χ1) is 15.6. The van der Waals surface area contributed by atoms with E-state index in [0.717, 1.165) is 5.69 Å². The molecule has 32 heavy (non-hydrogen) atoms. The molecule has 0 spiro atoms. The Bertz CT molecular complexity index is 983. The second-order valence-electron chi connectivity index (χ2n) is 7.76. The Balaban J connectivity index is 1.26. The summed E-state index contributed by atoms with van der Waals surface area (Å²) in [5, 5.41) is 0. The fourth-order valence-corrected chi connectivity index (χ4v) is 4.01. The van der Waals surface area contributed by atoms with Gasteiger partial charge in [-0.2, -0.15) is 0 Å². The van der Waals surface area contributed by atoms with Crippen LogP contribution in [0.5, 0.6) is 11.5 Å². The van der Waals surface area contributed by atoms with Crippen LogP contribution in [-0.4, -0.2) is 74.0 Å². The van der Waals surface area contributed by atoms with Crippen molar-refractivity contribution < 1.29 is 23.9 Å². The summed E-state index contributed by atoms with van der Waals surface area (Å²) in [6, 6.07) is 14.4. The van der Waals surface area contributed by atoms with E-state index in [1.165, 1.54) is 0 Å². The fraction of sp³-hybridized carbons (Fsp3) is 0.375. The SMILES string of the molecule is COc1ccc(C(=O)N2CCN(C(=O)CCC(=O)N3CCOc4ccccc43)CC2)cc1. The van der Waals surface area contributed by atoms with Crippen LogP contribution in [0.2, 0.25) is 0 Å². The summed E-state index contributed by atoms with van der Waals surface area (Å²) in [6.45, 7) is 2.81. The van der Waals surface area contributed by atoms with Crippen LogP contribution in [0, 0.1) is 0 Å². The zero-order valence-corrected chi connectivity index (χ0v) is 18.2. The Hall–Kier alpha value is -3.55. The van der Waals surface area contributed by atoms with Crippen molar-refractivity contribution in [1.29, 1.82) is 0 Å². The summed E-state index contributed by atoms with van der Waals surface area (Å²) in [5.41, 5.74) is 1.35. The molecule has 3 amide bonds. The van der Waals surface area contributed by atoms with Gasteiger partial charge in [0.15, 0.2) is 0 Å². The highest BCUT2D eigenvalue weighted by Gasteiger charge is 2.27. The molecule has 8 nitrogen and oxygen atoms in total. The lowest BCUT2D eigenvalue weighted by molar-refractivity contribution is -0.134. The Morgan fingerprint density at radius 1 is 0.844 bits per heavy atom. The zero-order chi connectivity index (χ0) is 22.5. The van der Waals surface area contributed by atoms with Gasteiger partial charge in [0.25, 0.3) is 5.91 Å². The molecule has 0 aliphatic carbocycles. The van der Waals surface area contributed by atoms with Gasteiger partial charge in [0, 0.05) is 44.6 Å². The highest BCUT2D eigenvalue weighted by Crippen LogP contribution is 2.31. The number of rotatable bonds is 5. The first-order valence-electron chi connectivity index (χ1n) is 10.8. The number of ether oxygens (including phenoxy) is 2. The number of fused-ring (bicyclic) bond motifs is 1. The third kappa shape index (κ3) is 4.69. The molecule has 4 rings (SSSR count). The number of benzene rings is 2. The molecule has 2 heterocycles. The minimum Gasteiger partial charge on any atom is -0.497 e. The molecule has 1 fully saturated rings. The minimum absolute atomic E-state index is 0.0547. The van der Waals surface area contributed by atoms with Gasteiger partial charge in [-0.05, 0) is 36.4 Å². The lowest BCUT2D eigenvalue weighted by Crippen LogP contribution is -2.50. The average molecular weight is 437 g/mol. The number of piperazine rings is 1. The molecule has 2 aliphatic rings. The summed E-state index contributed by atoms with van der Waals surface area (Å²) in [5.74, 6) is 1.20. The topological polar surface area (TPSA) is 79.4 Å². The van der Waals surface area contributed by atoms with Gasteiger partial charge in [-0.1, -0.05) is 12.1 Å². The van der Waals surface area contributed by atoms with E-state index in [4.69, 9.17) is 9.47 Å². The van der Waals surface area contributed by atoms with Crippen molar-refractivity contribution in [2.75, 3.05) is 51.3 Å². The Morgan fingerprint density at radius 3 is 2.22 bits per heavy atom. The lowest BCUT2D eigenvalue weighted by atomic mass is 10.1. The molecule has 0 atom stereocenters. The standard InChI is InChI=1S/C24H27N3O5/c1-31-19-8-6-18(7-9-19)24(30)26-14-12-25(13-15-26)22(28)10-11-23(29)27-16-17-32-21-5-3-2-4-20(21)27/h2-9H,10-17H2,1H3. The highest BCUT2D eigenvalue weighted by atomic mass is 16.5. The van der Waals surface area contributed by atoms with Crippen LogP contribution in [0.15, 0.2) is 48.5 Å². The predicted octanol–water partition coefficient (Wildman–Crippen LogP) is 2.19. The molecule has 2 aromatic carbocycles. The summed E-state index contributed by atoms with van der Waals surface area (Å²) >= 11 is 0. The number of anilines is 1. The number of nitrogens with zero attached hydrogens (tertiary/aromatic N) is 3. The fourth-order valence-electron chi connectivity index (χ4n) is 4.01. The van der Waals surface area contributed by atoms with Crippen molar-refractivity contribution in [1.82, 2.24) is 9.80 Å². The van der Waals surface area contributed by atoms with Crippen LogP contribution in [-0.2, 0) is 9.59 Å². The van der Waals surface area contributed by atoms with Crippen LogP contribution in [0.25, 0.3) is 0 Å². The number of methoxy groups -OCH3 is 1. The first-order valence-corrected chi connectivity index (χ1v) is 10.8. The molecule has 1 saturated heterocycles. The molecule has 0 radical (unpaired) electrons. The number of para-hydroxylation sites is 2. The van der Waals surface area contributed by atoms with Crippen LogP contribution in [0.4, 0.5) is 5.69 Å². The number of hydrogen-bond donors (Lipinski definition) is 0. The first kappa shape index (κ1) is 21.7. The molecular formula is C24H27N3O5. The van der Waals surface area contributed by atoms with Gasteiger partial charge in [-0.3, -0.25) is 14.4 Å². The van der Waals surface area contributed by atoms with E-state index in [2.05, 4.69) is 0 Å². The van der Waals surface area contributed by atoms with Gasteiger partial charge >= 0.3 is 0 Å². The van der Waals surface area contributed by atoms with Crippen molar-refractivity contribution in [2.24, 2.45) is 0 Å². The average Bonchev–Trinajstić information content (AvgIpc) is 2.86. The van der Waals surface area contributed by atoms with Crippen molar-refractivity contribution in [3.8, 4) is 11.5 Å². The van der Waals surface area contributed by atoms with Crippen molar-refractivity contribution in [3.63, 3.8) is 0 Å². The maximum atomic E-state index is 12.7. The Morgan fingerprint density at radius 2 is 1.50 bits per heavy atom. The van der Waals surface area contributed by atoms with E-state index < -0.39 is 0 Å². The van der Waals surface area contributed by atoms with Crippen molar-refractivity contribution in [3.05, 3.63) is 54.1 Å². The largest absolute Gasteiger partial charge is 0.497 e. The second kappa shape index (κ2) is 9.72. The van der Waals surface area contributed by atoms with Gasteiger partial charge in [0.1, 0.15) is 18.1 Å². The molecule has 0 unspecified atom stereocenters. The molecule has 8 heteroatoms. The van der Waals surface area contributed by atoms with E-state index in [9.17, 15) is 14.4 Å². The smallest absolute Gasteiger partial charge is 0.253 e. The van der Waals surface area contributed by atoms with E-state index in [0.29, 0.717) is 56.4 Å². The lowest BCUT2D eigenvalue weighted by Gasteiger charge is -2.35. The van der Waals surface area contributed by atoms with Gasteiger partial charge in [-0.15, -0.1) is 0 Å². The van der Waals surface area contributed by atoms with E-state index in [1.807, 2.05) is 24.3 Å². The van der Waals surface area contributed by atoms with Crippen molar-refractivity contribution >= 4 is 23.4 Å². The third-order valence-electron chi connectivity index (χ3n) is 5.84. The summed E-state index contributed by atoms with van der Waals surface area (Å²) in [4.78, 5) is 43.3. The van der Waals surface area contributed by atoms with E-state index >= 15 is 0 Å². The third-order valence-corrected chi connectivity index (χ3v) is 5.84. The maximum Gasteiger partial charge on any atom is 0.253 e. The minimum atomic E-state index is -0.0811. The summed E-state index contributed by atoms with van der Waals surface area (Å²) in [6.07, 6.45) is 0.308. The quantitative estimate of drug-likeness (QED) is 0.717. The van der Waals surface area contributed by atoms with Crippen LogP contribution >= 0.6 is 0 Å². The zero-order valence-electron chi connectivity index (χ0n) is 18.2. The monoisotopic (exact) mass is 437 g/mol. The highest BCUT2D eigenvalue weighted by molar-refractivity contribution is 5.97. The Labute approximate surface area is 187 Å². The summed E-state index contributed by atoms with van der Waals surface area (Å²) < 4.78 is 10.7. The number of carbonyl (C=O) groups is 3. The predicted molar refractivity (Wildman–Crippen MR) is 119 cm³/mol. The molecule has 168 valence electrons. The number of hydrogen-bond acceptors (Lipinski definition) is 5. The molecule has 0 N–H and O–H groups in total. The molecule has 2 aliphatic heterocycles. The normalized spacial score (nSPS) is 15.6. The molecular weight excluding hydrogens is 410 g/mol. The van der Waals surface area contributed by atoms with Crippen LogP contribution in [0.1, 0.15) is 23.2 Å². The Kier molecular flexibility index (Phi) is 6.58. The maximum absolute atomic E-state index is 12.7. The van der Waals surface area contributed by atoms with Crippen LogP contribution in [0.3, 0.4) is 0 Å². The van der Waals surface area contributed by atoms with Gasteiger partial charge in [0.05, 0.1) is 19.3 Å². The van der Waals surface area contributed by atoms with Gasteiger partial charge in [-0.25, -0.2) is 0 Å². The number of amides is 3. The van der Waals surface area contributed by atoms with Crippen LogP contribution < -0.4 is 14.4 Å². The molecule has 2 aromatic rings.